The maximum atomic E-state index is 14.7. The zero-order valence-electron chi connectivity index (χ0n) is 16.7. The maximum absolute atomic E-state index is 14.7. The number of fused-ring (bicyclic) bond motifs is 1. The van der Waals surface area contributed by atoms with Gasteiger partial charge >= 0.3 is 0 Å². The first-order chi connectivity index (χ1) is 15.1. The van der Waals surface area contributed by atoms with Gasteiger partial charge in [0.2, 0.25) is 0 Å². The number of oxazole rings is 1. The highest BCUT2D eigenvalue weighted by Gasteiger charge is 2.23. The van der Waals surface area contributed by atoms with Crippen molar-refractivity contribution in [3.63, 3.8) is 0 Å². The minimum absolute atomic E-state index is 0.0852. The van der Waals surface area contributed by atoms with Crippen LogP contribution < -0.4 is 5.32 Å². The second-order valence-electron chi connectivity index (χ2n) is 7.87. The summed E-state index contributed by atoms with van der Waals surface area (Å²) in [5, 5.41) is 2.80. The molecule has 4 nitrogen and oxygen atoms in total. The second-order valence-corrected chi connectivity index (χ2v) is 7.87. The number of ketones is 1. The third-order valence-electron chi connectivity index (χ3n) is 5.79. The number of benzene rings is 3. The van der Waals surface area contributed by atoms with Gasteiger partial charge in [0.1, 0.15) is 17.2 Å². The molecular weight excluding hydrogens is 398 g/mol. The Morgan fingerprint density at radius 1 is 0.935 bits per heavy atom. The number of rotatable bonds is 5. The maximum Gasteiger partial charge on any atom is 0.300 e. The van der Waals surface area contributed by atoms with Gasteiger partial charge in [-0.25, -0.2) is 8.78 Å². The molecule has 0 saturated heterocycles. The lowest BCUT2D eigenvalue weighted by Gasteiger charge is -2.10. The van der Waals surface area contributed by atoms with Gasteiger partial charge in [-0.05, 0) is 48.2 Å². The van der Waals surface area contributed by atoms with Crippen molar-refractivity contribution in [1.29, 1.82) is 0 Å². The van der Waals surface area contributed by atoms with Gasteiger partial charge < -0.3 is 9.73 Å². The Labute approximate surface area is 177 Å². The highest BCUT2D eigenvalue weighted by Crippen LogP contribution is 2.30. The van der Waals surface area contributed by atoms with Gasteiger partial charge in [-0.2, -0.15) is 4.98 Å². The predicted molar refractivity (Wildman–Crippen MR) is 115 cm³/mol. The van der Waals surface area contributed by atoms with Crippen LogP contribution >= 0.6 is 0 Å². The van der Waals surface area contributed by atoms with Crippen LogP contribution in [0.1, 0.15) is 36.0 Å². The number of hydrogen-bond donors (Lipinski definition) is 1. The predicted octanol–water partition coefficient (Wildman–Crippen LogP) is 6.89. The largest absolute Gasteiger partial charge is 0.423 e. The smallest absolute Gasteiger partial charge is 0.300 e. The number of anilines is 2. The van der Waals surface area contributed by atoms with Crippen LogP contribution in [0.2, 0.25) is 0 Å². The summed E-state index contributed by atoms with van der Waals surface area (Å²) in [4.78, 5) is 16.7. The van der Waals surface area contributed by atoms with E-state index in [4.69, 9.17) is 4.42 Å². The number of carbonyl (C=O) groups excluding carboxylic acids is 1. The van der Waals surface area contributed by atoms with Gasteiger partial charge in [-0.3, -0.25) is 4.79 Å². The first kappa shape index (κ1) is 19.4. The Balaban J connectivity index is 1.34. The van der Waals surface area contributed by atoms with E-state index >= 15 is 0 Å². The molecule has 0 bridgehead atoms. The molecule has 0 amide bonds. The van der Waals surface area contributed by atoms with Crippen LogP contribution in [0, 0.1) is 17.6 Å². The van der Waals surface area contributed by atoms with E-state index in [2.05, 4.69) is 10.3 Å². The minimum atomic E-state index is -0.475. The average Bonchev–Trinajstić information content (AvgIpc) is 3.44. The molecule has 4 aromatic rings. The molecule has 156 valence electrons. The van der Waals surface area contributed by atoms with Crippen molar-refractivity contribution in [2.24, 2.45) is 5.92 Å². The van der Waals surface area contributed by atoms with Crippen LogP contribution in [-0.2, 0) is 0 Å². The molecule has 6 heteroatoms. The van der Waals surface area contributed by atoms with Gasteiger partial charge in [0, 0.05) is 17.5 Å². The van der Waals surface area contributed by atoms with Gasteiger partial charge in [0.25, 0.3) is 6.01 Å². The van der Waals surface area contributed by atoms with Crippen LogP contribution in [0.15, 0.2) is 65.1 Å². The highest BCUT2D eigenvalue weighted by atomic mass is 19.1. The van der Waals surface area contributed by atoms with E-state index in [1.807, 2.05) is 24.3 Å². The summed E-state index contributed by atoms with van der Waals surface area (Å²) in [6, 6.07) is 16.2. The molecule has 0 aliphatic heterocycles. The van der Waals surface area contributed by atoms with Crippen LogP contribution in [-0.4, -0.2) is 10.8 Å². The van der Waals surface area contributed by atoms with Crippen molar-refractivity contribution in [2.75, 3.05) is 5.32 Å². The van der Waals surface area contributed by atoms with Crippen LogP contribution in [0.3, 0.4) is 0 Å². The number of carbonyl (C=O) groups is 1. The van der Waals surface area contributed by atoms with E-state index in [-0.39, 0.29) is 23.4 Å². The molecule has 1 saturated carbocycles. The van der Waals surface area contributed by atoms with Crippen molar-refractivity contribution >= 4 is 28.6 Å². The Kier molecular flexibility index (Phi) is 4.98. The Bertz CT molecular complexity index is 1260. The first-order valence-corrected chi connectivity index (χ1v) is 10.3. The quantitative estimate of drug-likeness (QED) is 0.359. The lowest BCUT2D eigenvalue weighted by atomic mass is 9.94. The normalized spacial score (nSPS) is 14.3. The molecule has 1 N–H and O–H groups in total. The monoisotopic (exact) mass is 418 g/mol. The van der Waals surface area contributed by atoms with Crippen LogP contribution in [0.4, 0.5) is 20.5 Å². The van der Waals surface area contributed by atoms with Gasteiger partial charge in [-0.1, -0.05) is 43.2 Å². The number of aromatic nitrogens is 1. The zero-order chi connectivity index (χ0) is 21.4. The number of hydrogen-bond acceptors (Lipinski definition) is 4. The number of Topliss-reactive ketones (excluding diaryl/α,β-unsaturated/α-hetero) is 1. The van der Waals surface area contributed by atoms with Crippen molar-refractivity contribution in [3.8, 4) is 11.1 Å². The van der Waals surface area contributed by atoms with Gasteiger partial charge in [0.15, 0.2) is 11.4 Å². The molecule has 31 heavy (non-hydrogen) atoms. The Hall–Kier alpha value is -3.54. The molecule has 3 aromatic carbocycles. The molecule has 1 aromatic heterocycles. The molecule has 1 heterocycles. The summed E-state index contributed by atoms with van der Waals surface area (Å²) in [6.07, 6.45) is 4.17. The molecule has 0 spiro atoms. The van der Waals surface area contributed by atoms with E-state index in [9.17, 15) is 13.6 Å². The second kappa shape index (κ2) is 7.95. The van der Waals surface area contributed by atoms with Crippen molar-refractivity contribution in [2.45, 2.75) is 25.7 Å². The van der Waals surface area contributed by atoms with Gasteiger partial charge in [0.05, 0.1) is 5.69 Å². The fraction of sp³-hybridized carbons (Fsp3) is 0.200. The SMILES string of the molecule is O=C(c1ccc(-c2ccc(Nc3nc4cc(F)ccc4o3)c(F)c2)cc1)C1CCCC1. The fourth-order valence-electron chi connectivity index (χ4n) is 4.12. The summed E-state index contributed by atoms with van der Waals surface area (Å²) in [6.45, 7) is 0. The molecule has 1 aliphatic carbocycles. The van der Waals surface area contributed by atoms with E-state index in [0.717, 1.165) is 31.2 Å². The fourth-order valence-corrected chi connectivity index (χ4v) is 4.12. The van der Waals surface area contributed by atoms with Crippen LogP contribution in [0.25, 0.3) is 22.2 Å². The molecular formula is C25H20F2N2O2. The summed E-state index contributed by atoms with van der Waals surface area (Å²) < 4.78 is 33.5. The van der Waals surface area contributed by atoms with E-state index in [0.29, 0.717) is 22.2 Å². The Morgan fingerprint density at radius 2 is 1.68 bits per heavy atom. The topological polar surface area (TPSA) is 55.1 Å². The molecule has 1 fully saturated rings. The van der Waals surface area contributed by atoms with E-state index in [1.165, 1.54) is 24.3 Å². The van der Waals surface area contributed by atoms with E-state index < -0.39 is 11.6 Å². The highest BCUT2D eigenvalue weighted by molar-refractivity contribution is 5.98. The Morgan fingerprint density at radius 3 is 2.42 bits per heavy atom. The molecule has 0 unspecified atom stereocenters. The van der Waals surface area contributed by atoms with E-state index in [1.54, 1.807) is 12.1 Å². The number of halogens is 2. The third kappa shape index (κ3) is 3.93. The number of nitrogens with zero attached hydrogens (tertiary/aromatic N) is 1. The summed E-state index contributed by atoms with van der Waals surface area (Å²) in [5.74, 6) is -0.555. The lowest BCUT2D eigenvalue weighted by molar-refractivity contribution is 0.0923. The summed E-state index contributed by atoms with van der Waals surface area (Å²) >= 11 is 0. The molecule has 1 aliphatic rings. The van der Waals surface area contributed by atoms with Crippen LogP contribution in [0.5, 0.6) is 0 Å². The van der Waals surface area contributed by atoms with Crippen molar-refractivity contribution in [3.05, 3.63) is 77.9 Å². The standard InChI is InChI=1S/C25H20F2N2O2/c26-19-10-12-23-22(14-19)29-25(31-23)28-21-11-9-18(13-20(21)27)15-5-7-17(8-6-15)24(30)16-3-1-2-4-16/h5-14,16H,1-4H2,(H,28,29). The molecule has 5 rings (SSSR count). The average molecular weight is 418 g/mol. The molecule has 0 radical (unpaired) electrons. The summed E-state index contributed by atoms with van der Waals surface area (Å²) in [5.41, 5.74) is 3.19. The minimum Gasteiger partial charge on any atom is -0.423 e. The summed E-state index contributed by atoms with van der Waals surface area (Å²) in [7, 11) is 0. The number of nitrogens with one attached hydrogen (secondary N) is 1. The van der Waals surface area contributed by atoms with Crippen molar-refractivity contribution < 1.29 is 18.0 Å². The molecule has 0 atom stereocenters. The lowest BCUT2D eigenvalue weighted by Crippen LogP contribution is -2.10. The van der Waals surface area contributed by atoms with Gasteiger partial charge in [-0.15, -0.1) is 0 Å². The van der Waals surface area contributed by atoms with Crippen molar-refractivity contribution in [1.82, 2.24) is 4.98 Å². The first-order valence-electron chi connectivity index (χ1n) is 10.3. The zero-order valence-corrected chi connectivity index (χ0v) is 16.7. The third-order valence-corrected chi connectivity index (χ3v) is 5.79.